The first-order valence-corrected chi connectivity index (χ1v) is 7.59. The van der Waals surface area contributed by atoms with E-state index in [1.54, 1.807) is 17.4 Å². The van der Waals surface area contributed by atoms with Crippen molar-refractivity contribution < 1.29 is 4.39 Å². The van der Waals surface area contributed by atoms with E-state index in [1.807, 2.05) is 20.0 Å². The third-order valence-electron chi connectivity index (χ3n) is 2.77. The van der Waals surface area contributed by atoms with E-state index in [0.29, 0.717) is 0 Å². The van der Waals surface area contributed by atoms with Gasteiger partial charge in [0.2, 0.25) is 0 Å². The van der Waals surface area contributed by atoms with Gasteiger partial charge < -0.3 is 5.32 Å². The molecule has 1 N–H and O–H groups in total. The molecule has 0 aliphatic rings. The standard InChI is InChI=1S/C13H14FIN2S/c1-8-17-10(7-18-8)6-13(16-2)11-4-3-9(14)5-12(11)15/h3-5,7,13,16H,6H2,1-2H3. The largest absolute Gasteiger partial charge is 0.313 e. The monoisotopic (exact) mass is 376 g/mol. The number of hydrogen-bond acceptors (Lipinski definition) is 3. The van der Waals surface area contributed by atoms with Crippen LogP contribution in [0.1, 0.15) is 22.3 Å². The van der Waals surface area contributed by atoms with Gasteiger partial charge in [0.15, 0.2) is 0 Å². The van der Waals surface area contributed by atoms with Crippen molar-refractivity contribution in [2.45, 2.75) is 19.4 Å². The van der Waals surface area contributed by atoms with Crippen LogP contribution in [-0.4, -0.2) is 12.0 Å². The smallest absolute Gasteiger partial charge is 0.124 e. The molecule has 0 spiro atoms. The van der Waals surface area contributed by atoms with Crippen molar-refractivity contribution in [3.05, 3.63) is 49.2 Å². The lowest BCUT2D eigenvalue weighted by Gasteiger charge is -2.17. The number of benzene rings is 1. The number of halogens is 2. The molecule has 5 heteroatoms. The van der Waals surface area contributed by atoms with Crippen LogP contribution in [0, 0.1) is 16.3 Å². The number of hydrogen-bond donors (Lipinski definition) is 1. The minimum absolute atomic E-state index is 0.166. The molecule has 0 aliphatic heterocycles. The number of nitrogens with zero attached hydrogens (tertiary/aromatic N) is 1. The summed E-state index contributed by atoms with van der Waals surface area (Å²) in [5, 5.41) is 6.43. The van der Waals surface area contributed by atoms with E-state index in [4.69, 9.17) is 0 Å². The van der Waals surface area contributed by atoms with Gasteiger partial charge in [-0.05, 0) is 54.3 Å². The van der Waals surface area contributed by atoms with E-state index < -0.39 is 0 Å². The molecule has 0 bridgehead atoms. The van der Waals surface area contributed by atoms with Crippen molar-refractivity contribution in [1.82, 2.24) is 10.3 Å². The summed E-state index contributed by atoms with van der Waals surface area (Å²) in [5.41, 5.74) is 2.20. The van der Waals surface area contributed by atoms with Gasteiger partial charge in [-0.2, -0.15) is 0 Å². The van der Waals surface area contributed by atoms with Crippen LogP contribution in [0.25, 0.3) is 0 Å². The summed E-state index contributed by atoms with van der Waals surface area (Å²) < 4.78 is 14.1. The van der Waals surface area contributed by atoms with Gasteiger partial charge in [-0.1, -0.05) is 6.07 Å². The molecule has 18 heavy (non-hydrogen) atoms. The molecule has 0 saturated heterocycles. The third kappa shape index (κ3) is 3.27. The lowest BCUT2D eigenvalue weighted by atomic mass is 10.0. The topological polar surface area (TPSA) is 24.9 Å². The van der Waals surface area contributed by atoms with Crippen molar-refractivity contribution in [1.29, 1.82) is 0 Å². The molecule has 1 heterocycles. The maximum Gasteiger partial charge on any atom is 0.124 e. The molecule has 0 fully saturated rings. The van der Waals surface area contributed by atoms with Crippen molar-refractivity contribution in [2.75, 3.05) is 7.05 Å². The Morgan fingerprint density at radius 3 is 2.83 bits per heavy atom. The minimum Gasteiger partial charge on any atom is -0.313 e. The van der Waals surface area contributed by atoms with Crippen LogP contribution < -0.4 is 5.32 Å². The Morgan fingerprint density at radius 1 is 1.50 bits per heavy atom. The molecule has 0 radical (unpaired) electrons. The summed E-state index contributed by atoms with van der Waals surface area (Å²) in [6.07, 6.45) is 0.822. The molecule has 1 aromatic carbocycles. The molecule has 2 rings (SSSR count). The molecular weight excluding hydrogens is 362 g/mol. The first-order chi connectivity index (χ1) is 8.60. The second-order valence-electron chi connectivity index (χ2n) is 4.07. The number of thiazole rings is 1. The molecule has 1 atom stereocenters. The number of rotatable bonds is 4. The SMILES string of the molecule is CNC(Cc1csc(C)n1)c1ccc(F)cc1I. The zero-order valence-electron chi connectivity index (χ0n) is 10.2. The Bertz CT molecular complexity index is 542. The van der Waals surface area contributed by atoms with E-state index in [-0.39, 0.29) is 11.9 Å². The maximum absolute atomic E-state index is 13.1. The highest BCUT2D eigenvalue weighted by atomic mass is 127. The van der Waals surface area contributed by atoms with Gasteiger partial charge in [-0.25, -0.2) is 9.37 Å². The zero-order chi connectivity index (χ0) is 13.1. The summed E-state index contributed by atoms with van der Waals surface area (Å²) in [6, 6.07) is 5.08. The summed E-state index contributed by atoms with van der Waals surface area (Å²) in [5.74, 6) is -0.192. The fourth-order valence-corrected chi connectivity index (χ4v) is 3.34. The third-order valence-corrected chi connectivity index (χ3v) is 4.52. The summed E-state index contributed by atoms with van der Waals surface area (Å²) in [7, 11) is 1.92. The van der Waals surface area contributed by atoms with Crippen molar-refractivity contribution in [3.63, 3.8) is 0 Å². The van der Waals surface area contributed by atoms with Crippen LogP contribution >= 0.6 is 33.9 Å². The highest BCUT2D eigenvalue weighted by molar-refractivity contribution is 14.1. The normalized spacial score (nSPS) is 12.7. The molecule has 0 saturated carbocycles. The minimum atomic E-state index is -0.192. The number of aryl methyl sites for hydroxylation is 1. The van der Waals surface area contributed by atoms with E-state index in [0.717, 1.165) is 26.3 Å². The number of nitrogens with one attached hydrogen (secondary N) is 1. The van der Waals surface area contributed by atoms with Crippen LogP contribution in [0.15, 0.2) is 23.6 Å². The molecular formula is C13H14FIN2S. The molecule has 2 aromatic rings. The molecule has 96 valence electrons. The van der Waals surface area contributed by atoms with Crippen molar-refractivity contribution in [2.24, 2.45) is 0 Å². The average Bonchev–Trinajstić information content (AvgIpc) is 2.72. The van der Waals surface area contributed by atoms with Gasteiger partial charge >= 0.3 is 0 Å². The maximum atomic E-state index is 13.1. The lowest BCUT2D eigenvalue weighted by Crippen LogP contribution is -2.20. The number of aromatic nitrogens is 1. The van der Waals surface area contributed by atoms with Crippen LogP contribution in [0.4, 0.5) is 4.39 Å². The van der Waals surface area contributed by atoms with Crippen molar-refractivity contribution >= 4 is 33.9 Å². The molecule has 2 nitrogen and oxygen atoms in total. The fourth-order valence-electron chi connectivity index (χ4n) is 1.86. The first kappa shape index (κ1) is 13.9. The lowest BCUT2D eigenvalue weighted by molar-refractivity contribution is 0.577. The molecule has 1 unspecified atom stereocenters. The Kier molecular flexibility index (Phi) is 4.69. The summed E-state index contributed by atoms with van der Waals surface area (Å²) >= 11 is 3.83. The quantitative estimate of drug-likeness (QED) is 0.824. The Morgan fingerprint density at radius 2 is 2.28 bits per heavy atom. The summed E-state index contributed by atoms with van der Waals surface area (Å²) in [4.78, 5) is 4.47. The molecule has 1 aromatic heterocycles. The van der Waals surface area contributed by atoms with Gasteiger partial charge in [0.05, 0.1) is 10.7 Å². The van der Waals surface area contributed by atoms with Gasteiger partial charge in [0, 0.05) is 21.4 Å². The highest BCUT2D eigenvalue weighted by Crippen LogP contribution is 2.24. The predicted octanol–water partition coefficient (Wildman–Crippen LogP) is 3.70. The van der Waals surface area contributed by atoms with E-state index in [2.05, 4.69) is 38.3 Å². The fraction of sp³-hybridized carbons (Fsp3) is 0.308. The van der Waals surface area contributed by atoms with E-state index >= 15 is 0 Å². The predicted molar refractivity (Wildman–Crippen MR) is 81.5 cm³/mol. The number of likely N-dealkylation sites (N-methyl/N-ethyl adjacent to an activating group) is 1. The van der Waals surface area contributed by atoms with Crippen LogP contribution in [0.3, 0.4) is 0 Å². The van der Waals surface area contributed by atoms with Gasteiger partial charge in [-0.15, -0.1) is 11.3 Å². The van der Waals surface area contributed by atoms with Crippen LogP contribution in [0.5, 0.6) is 0 Å². The van der Waals surface area contributed by atoms with Gasteiger partial charge in [0.25, 0.3) is 0 Å². The highest BCUT2D eigenvalue weighted by Gasteiger charge is 2.15. The van der Waals surface area contributed by atoms with Crippen molar-refractivity contribution in [3.8, 4) is 0 Å². The Labute approximate surface area is 124 Å². The van der Waals surface area contributed by atoms with Crippen LogP contribution in [-0.2, 0) is 6.42 Å². The second kappa shape index (κ2) is 6.08. The van der Waals surface area contributed by atoms with Gasteiger partial charge in [0.1, 0.15) is 5.82 Å². The van der Waals surface area contributed by atoms with E-state index in [9.17, 15) is 4.39 Å². The average molecular weight is 376 g/mol. The first-order valence-electron chi connectivity index (χ1n) is 5.63. The van der Waals surface area contributed by atoms with E-state index in [1.165, 1.54) is 6.07 Å². The summed E-state index contributed by atoms with van der Waals surface area (Å²) in [6.45, 7) is 2.00. The molecule has 0 amide bonds. The van der Waals surface area contributed by atoms with Crippen LogP contribution in [0.2, 0.25) is 0 Å². The second-order valence-corrected chi connectivity index (χ2v) is 6.29. The Hall–Kier alpha value is -0.530. The Balaban J connectivity index is 2.22. The van der Waals surface area contributed by atoms with Gasteiger partial charge in [-0.3, -0.25) is 0 Å². The zero-order valence-corrected chi connectivity index (χ0v) is 13.2. The molecule has 0 aliphatic carbocycles.